The van der Waals surface area contributed by atoms with E-state index in [1.807, 2.05) is 0 Å². The van der Waals surface area contributed by atoms with Gasteiger partial charge in [0.15, 0.2) is 6.29 Å². The van der Waals surface area contributed by atoms with Crippen LogP contribution < -0.4 is 0 Å². The summed E-state index contributed by atoms with van der Waals surface area (Å²) < 4.78 is 15.8. The standard InChI is InChI=1S/C10H20O5/c1-3-4-5-14-9-8(12)7(6-11)15-10(9)13-2/h7-12H,3-6H2,1-2H3/t7-,8-,9+,10+/m1/s1. The minimum absolute atomic E-state index is 0.228. The van der Waals surface area contributed by atoms with E-state index < -0.39 is 24.6 Å². The molecule has 0 aromatic heterocycles. The van der Waals surface area contributed by atoms with Crippen LogP contribution in [-0.4, -0.2) is 55.1 Å². The number of hydrogen-bond acceptors (Lipinski definition) is 5. The molecule has 2 N–H and O–H groups in total. The highest BCUT2D eigenvalue weighted by Crippen LogP contribution is 2.24. The summed E-state index contributed by atoms with van der Waals surface area (Å²) in [5, 5.41) is 18.7. The number of methoxy groups -OCH3 is 1. The van der Waals surface area contributed by atoms with Crippen LogP contribution in [0.1, 0.15) is 19.8 Å². The van der Waals surface area contributed by atoms with Gasteiger partial charge >= 0.3 is 0 Å². The highest BCUT2D eigenvalue weighted by Gasteiger charge is 2.44. The van der Waals surface area contributed by atoms with E-state index in [-0.39, 0.29) is 6.61 Å². The summed E-state index contributed by atoms with van der Waals surface area (Å²) in [5.41, 5.74) is 0. The van der Waals surface area contributed by atoms with Crippen molar-refractivity contribution in [2.24, 2.45) is 0 Å². The van der Waals surface area contributed by atoms with E-state index in [9.17, 15) is 5.11 Å². The van der Waals surface area contributed by atoms with Gasteiger partial charge < -0.3 is 24.4 Å². The Balaban J connectivity index is 2.44. The largest absolute Gasteiger partial charge is 0.394 e. The molecule has 15 heavy (non-hydrogen) atoms. The second kappa shape index (κ2) is 6.40. The molecule has 0 unspecified atom stereocenters. The van der Waals surface area contributed by atoms with E-state index in [0.29, 0.717) is 6.61 Å². The van der Waals surface area contributed by atoms with Gasteiger partial charge in [0.05, 0.1) is 6.61 Å². The Kier molecular flexibility index (Phi) is 5.49. The highest BCUT2D eigenvalue weighted by molar-refractivity contribution is 4.87. The molecule has 0 radical (unpaired) electrons. The molecule has 1 rings (SSSR count). The minimum atomic E-state index is -0.822. The molecule has 1 fully saturated rings. The fourth-order valence-corrected chi connectivity index (χ4v) is 1.58. The number of rotatable bonds is 6. The van der Waals surface area contributed by atoms with Gasteiger partial charge in [-0.1, -0.05) is 13.3 Å². The van der Waals surface area contributed by atoms with Crippen LogP contribution in [-0.2, 0) is 14.2 Å². The Morgan fingerprint density at radius 3 is 2.67 bits per heavy atom. The molecule has 5 nitrogen and oxygen atoms in total. The summed E-state index contributed by atoms with van der Waals surface area (Å²) in [4.78, 5) is 0. The van der Waals surface area contributed by atoms with Gasteiger partial charge in [-0.05, 0) is 6.42 Å². The first-order valence-corrected chi connectivity index (χ1v) is 5.33. The summed E-state index contributed by atoms with van der Waals surface area (Å²) in [6, 6.07) is 0. The van der Waals surface area contributed by atoms with Crippen molar-refractivity contribution in [3.05, 3.63) is 0 Å². The fraction of sp³-hybridized carbons (Fsp3) is 1.00. The molecule has 0 saturated carbocycles. The zero-order chi connectivity index (χ0) is 11.3. The van der Waals surface area contributed by atoms with Crippen LogP contribution >= 0.6 is 0 Å². The molecule has 0 amide bonds. The Labute approximate surface area is 89.9 Å². The van der Waals surface area contributed by atoms with Gasteiger partial charge in [-0.15, -0.1) is 0 Å². The van der Waals surface area contributed by atoms with Crippen LogP contribution in [0.2, 0.25) is 0 Å². The van der Waals surface area contributed by atoms with Gasteiger partial charge in [-0.25, -0.2) is 0 Å². The van der Waals surface area contributed by atoms with E-state index in [1.54, 1.807) is 0 Å². The first kappa shape index (κ1) is 12.9. The maximum absolute atomic E-state index is 9.76. The first-order valence-electron chi connectivity index (χ1n) is 5.33. The monoisotopic (exact) mass is 220 g/mol. The maximum atomic E-state index is 9.76. The molecule has 0 aromatic carbocycles. The number of aliphatic hydroxyl groups excluding tert-OH is 2. The summed E-state index contributed by atoms with van der Waals surface area (Å²) >= 11 is 0. The Hall–Kier alpha value is -0.200. The van der Waals surface area contributed by atoms with E-state index in [0.717, 1.165) is 12.8 Å². The van der Waals surface area contributed by atoms with Crippen molar-refractivity contribution in [1.29, 1.82) is 0 Å². The predicted octanol–water partition coefficient (Wildman–Crippen LogP) is -0.104. The Morgan fingerprint density at radius 2 is 2.13 bits per heavy atom. The third-order valence-corrected chi connectivity index (χ3v) is 2.52. The molecule has 5 heteroatoms. The molecule has 0 spiro atoms. The summed E-state index contributed by atoms with van der Waals surface area (Å²) in [7, 11) is 1.49. The maximum Gasteiger partial charge on any atom is 0.186 e. The molecule has 4 atom stereocenters. The van der Waals surface area contributed by atoms with Crippen molar-refractivity contribution in [1.82, 2.24) is 0 Å². The van der Waals surface area contributed by atoms with Crippen molar-refractivity contribution in [3.8, 4) is 0 Å². The second-order valence-corrected chi connectivity index (χ2v) is 3.64. The third kappa shape index (κ3) is 3.12. The molecular weight excluding hydrogens is 200 g/mol. The van der Waals surface area contributed by atoms with Gasteiger partial charge in [0, 0.05) is 13.7 Å². The lowest BCUT2D eigenvalue weighted by molar-refractivity contribution is -0.165. The minimum Gasteiger partial charge on any atom is -0.394 e. The van der Waals surface area contributed by atoms with Crippen molar-refractivity contribution >= 4 is 0 Å². The Bertz CT molecular complexity index is 173. The number of aliphatic hydroxyl groups is 2. The third-order valence-electron chi connectivity index (χ3n) is 2.52. The van der Waals surface area contributed by atoms with Gasteiger partial charge in [-0.3, -0.25) is 0 Å². The molecule has 0 aromatic rings. The van der Waals surface area contributed by atoms with E-state index in [1.165, 1.54) is 7.11 Å². The lowest BCUT2D eigenvalue weighted by atomic mass is 10.1. The van der Waals surface area contributed by atoms with Crippen LogP contribution in [0.4, 0.5) is 0 Å². The molecule has 90 valence electrons. The molecule has 0 bridgehead atoms. The zero-order valence-electron chi connectivity index (χ0n) is 9.26. The Morgan fingerprint density at radius 1 is 1.40 bits per heavy atom. The number of unbranched alkanes of at least 4 members (excludes halogenated alkanes) is 1. The summed E-state index contributed by atoms with van der Waals surface area (Å²) in [5.74, 6) is 0. The number of ether oxygens (including phenoxy) is 3. The van der Waals surface area contributed by atoms with E-state index in [4.69, 9.17) is 19.3 Å². The van der Waals surface area contributed by atoms with E-state index in [2.05, 4.69) is 6.92 Å². The average molecular weight is 220 g/mol. The summed E-state index contributed by atoms with van der Waals surface area (Å²) in [6.07, 6.45) is -0.556. The normalized spacial score (nSPS) is 36.0. The van der Waals surface area contributed by atoms with Gasteiger partial charge in [0.2, 0.25) is 0 Å². The van der Waals surface area contributed by atoms with Gasteiger partial charge in [0.1, 0.15) is 18.3 Å². The highest BCUT2D eigenvalue weighted by atomic mass is 16.7. The lowest BCUT2D eigenvalue weighted by Crippen LogP contribution is -2.37. The van der Waals surface area contributed by atoms with E-state index >= 15 is 0 Å². The van der Waals surface area contributed by atoms with Gasteiger partial charge in [0.25, 0.3) is 0 Å². The fourth-order valence-electron chi connectivity index (χ4n) is 1.58. The molecule has 1 aliphatic heterocycles. The SMILES string of the molecule is CCCCO[C@@H]1[C@@H](OC)O[C@H](CO)[C@H]1O. The molecule has 1 saturated heterocycles. The molecule has 1 heterocycles. The quantitative estimate of drug-likeness (QED) is 0.612. The molecule has 1 aliphatic rings. The van der Waals surface area contributed by atoms with Crippen LogP contribution in [0.15, 0.2) is 0 Å². The zero-order valence-corrected chi connectivity index (χ0v) is 9.26. The smallest absolute Gasteiger partial charge is 0.186 e. The first-order chi connectivity index (χ1) is 7.24. The predicted molar refractivity (Wildman–Crippen MR) is 53.4 cm³/mol. The van der Waals surface area contributed by atoms with Crippen molar-refractivity contribution in [2.45, 2.75) is 44.4 Å². The lowest BCUT2D eigenvalue weighted by Gasteiger charge is -2.19. The van der Waals surface area contributed by atoms with Crippen molar-refractivity contribution in [2.75, 3.05) is 20.3 Å². The van der Waals surface area contributed by atoms with Crippen molar-refractivity contribution < 1.29 is 24.4 Å². The molecule has 0 aliphatic carbocycles. The summed E-state index contributed by atoms with van der Waals surface area (Å²) in [6.45, 7) is 2.41. The van der Waals surface area contributed by atoms with Gasteiger partial charge in [-0.2, -0.15) is 0 Å². The number of hydrogen-bond donors (Lipinski definition) is 2. The van der Waals surface area contributed by atoms with Crippen LogP contribution in [0, 0.1) is 0 Å². The van der Waals surface area contributed by atoms with Crippen molar-refractivity contribution in [3.63, 3.8) is 0 Å². The topological polar surface area (TPSA) is 68.2 Å². The van der Waals surface area contributed by atoms with Crippen LogP contribution in [0.5, 0.6) is 0 Å². The van der Waals surface area contributed by atoms with Crippen LogP contribution in [0.3, 0.4) is 0 Å². The van der Waals surface area contributed by atoms with Crippen LogP contribution in [0.25, 0.3) is 0 Å². The molecular formula is C10H20O5. The second-order valence-electron chi connectivity index (χ2n) is 3.64. The average Bonchev–Trinajstić information content (AvgIpc) is 2.56.